The Morgan fingerprint density at radius 2 is 2.00 bits per heavy atom. The Morgan fingerprint density at radius 3 is 2.46 bits per heavy atom. The van der Waals surface area contributed by atoms with Crippen LogP contribution in [0.15, 0.2) is 23.3 Å². The topological polar surface area (TPSA) is 57.5 Å². The molecule has 0 bridgehead atoms. The predicted molar refractivity (Wildman–Crippen MR) is 51.3 cm³/mol. The maximum Gasteiger partial charge on any atom is 0.145 e. The van der Waals surface area contributed by atoms with E-state index in [1.54, 1.807) is 0 Å². The molecule has 3 nitrogen and oxygen atoms in total. The molecule has 0 aromatic carbocycles. The van der Waals surface area contributed by atoms with Crippen molar-refractivity contribution in [3.05, 3.63) is 23.3 Å². The Hall–Kier alpha value is -0.930. The Morgan fingerprint density at radius 1 is 1.31 bits per heavy atom. The summed E-state index contributed by atoms with van der Waals surface area (Å²) in [5.41, 5.74) is 1.50. The van der Waals surface area contributed by atoms with Crippen LogP contribution in [0.1, 0.15) is 19.8 Å². The first kappa shape index (κ1) is 12.1. The van der Waals surface area contributed by atoms with Crippen LogP contribution in [-0.4, -0.2) is 29.7 Å². The first-order chi connectivity index (χ1) is 6.24. The van der Waals surface area contributed by atoms with E-state index in [0.29, 0.717) is 12.0 Å². The van der Waals surface area contributed by atoms with Crippen molar-refractivity contribution < 1.29 is 15.0 Å². The zero-order valence-electron chi connectivity index (χ0n) is 7.86. The molecule has 0 saturated heterocycles. The minimum Gasteiger partial charge on any atom is -0.392 e. The van der Waals surface area contributed by atoms with Gasteiger partial charge in [0.1, 0.15) is 6.29 Å². The van der Waals surface area contributed by atoms with Crippen molar-refractivity contribution in [2.24, 2.45) is 0 Å². The summed E-state index contributed by atoms with van der Waals surface area (Å²) in [5.74, 6) is 0. The third kappa shape index (κ3) is 6.25. The molecule has 0 aromatic heterocycles. The molecule has 0 saturated carbocycles. The molecule has 0 atom stereocenters. The van der Waals surface area contributed by atoms with Gasteiger partial charge in [-0.2, -0.15) is 0 Å². The molecule has 74 valence electrons. The molecule has 0 amide bonds. The number of aliphatic hydroxyl groups excluding tert-OH is 2. The zero-order chi connectivity index (χ0) is 10.1. The highest BCUT2D eigenvalue weighted by molar-refractivity contribution is 5.73. The summed E-state index contributed by atoms with van der Waals surface area (Å²) in [5, 5.41) is 17.2. The van der Waals surface area contributed by atoms with E-state index in [2.05, 4.69) is 0 Å². The quantitative estimate of drug-likeness (QED) is 0.365. The highest BCUT2D eigenvalue weighted by atomic mass is 16.3. The Bertz CT molecular complexity index is 204. The molecule has 0 unspecified atom stereocenters. The van der Waals surface area contributed by atoms with Crippen molar-refractivity contribution >= 4 is 6.29 Å². The average molecular weight is 184 g/mol. The van der Waals surface area contributed by atoms with Crippen LogP contribution in [0.5, 0.6) is 0 Å². The largest absolute Gasteiger partial charge is 0.392 e. The van der Waals surface area contributed by atoms with E-state index >= 15 is 0 Å². The molecule has 0 fully saturated rings. The summed E-state index contributed by atoms with van der Waals surface area (Å²) in [6.07, 6.45) is 5.46. The fourth-order valence-corrected chi connectivity index (χ4v) is 0.876. The second-order valence-electron chi connectivity index (χ2n) is 2.83. The van der Waals surface area contributed by atoms with Gasteiger partial charge in [-0.3, -0.25) is 4.79 Å². The van der Waals surface area contributed by atoms with Gasteiger partial charge in [0.15, 0.2) is 0 Å². The molecule has 0 radical (unpaired) electrons. The monoisotopic (exact) mass is 184 g/mol. The van der Waals surface area contributed by atoms with Crippen LogP contribution < -0.4 is 0 Å². The van der Waals surface area contributed by atoms with E-state index < -0.39 is 0 Å². The molecule has 0 rings (SSSR count). The minimum atomic E-state index is -0.100. The van der Waals surface area contributed by atoms with E-state index in [9.17, 15) is 4.79 Å². The molecule has 0 aliphatic heterocycles. The predicted octanol–water partition coefficient (Wildman–Crippen LogP) is 0.823. The third-order valence-electron chi connectivity index (χ3n) is 1.68. The van der Waals surface area contributed by atoms with Gasteiger partial charge in [0.05, 0.1) is 13.2 Å². The third-order valence-corrected chi connectivity index (χ3v) is 1.68. The highest BCUT2D eigenvalue weighted by Crippen LogP contribution is 2.04. The van der Waals surface area contributed by atoms with E-state index in [0.717, 1.165) is 18.3 Å². The second kappa shape index (κ2) is 7.71. The summed E-state index contributed by atoms with van der Waals surface area (Å²) in [6.45, 7) is 1.78. The van der Waals surface area contributed by atoms with E-state index in [1.807, 2.05) is 13.0 Å². The van der Waals surface area contributed by atoms with Crippen LogP contribution >= 0.6 is 0 Å². The number of hydrogen-bond acceptors (Lipinski definition) is 3. The van der Waals surface area contributed by atoms with Gasteiger partial charge in [0.25, 0.3) is 0 Å². The van der Waals surface area contributed by atoms with Gasteiger partial charge in [0, 0.05) is 0 Å². The molecule has 0 aromatic rings. The number of hydrogen-bond donors (Lipinski definition) is 2. The molecule has 0 aliphatic carbocycles. The summed E-state index contributed by atoms with van der Waals surface area (Å²) in [6, 6.07) is 0. The molecule has 0 aliphatic rings. The van der Waals surface area contributed by atoms with Gasteiger partial charge in [0.2, 0.25) is 0 Å². The number of rotatable bonds is 6. The maximum atomic E-state index is 10.4. The summed E-state index contributed by atoms with van der Waals surface area (Å²) < 4.78 is 0. The smallest absolute Gasteiger partial charge is 0.145 e. The first-order valence-electron chi connectivity index (χ1n) is 4.26. The summed E-state index contributed by atoms with van der Waals surface area (Å²) in [7, 11) is 0. The number of aliphatic hydroxyl groups is 2. The lowest BCUT2D eigenvalue weighted by molar-refractivity contribution is -0.105. The van der Waals surface area contributed by atoms with Crippen molar-refractivity contribution in [1.82, 2.24) is 0 Å². The minimum absolute atomic E-state index is 0.0557. The SMILES string of the molecule is C/C(=C\CC/C(C=O)=C/CO)CO. The summed E-state index contributed by atoms with van der Waals surface area (Å²) in [4.78, 5) is 10.4. The van der Waals surface area contributed by atoms with Gasteiger partial charge >= 0.3 is 0 Å². The van der Waals surface area contributed by atoms with E-state index in [1.165, 1.54) is 6.08 Å². The number of carbonyl (C=O) groups excluding carboxylic acids is 1. The van der Waals surface area contributed by atoms with E-state index in [-0.39, 0.29) is 13.2 Å². The van der Waals surface area contributed by atoms with Crippen molar-refractivity contribution in [3.63, 3.8) is 0 Å². The van der Waals surface area contributed by atoms with Crippen molar-refractivity contribution in [2.75, 3.05) is 13.2 Å². The lowest BCUT2D eigenvalue weighted by Crippen LogP contribution is -1.89. The van der Waals surface area contributed by atoms with Crippen LogP contribution in [0.2, 0.25) is 0 Å². The van der Waals surface area contributed by atoms with Gasteiger partial charge in [-0.1, -0.05) is 17.7 Å². The van der Waals surface area contributed by atoms with Crippen LogP contribution in [0.3, 0.4) is 0 Å². The summed E-state index contributed by atoms with van der Waals surface area (Å²) >= 11 is 0. The average Bonchev–Trinajstić information content (AvgIpc) is 2.16. The van der Waals surface area contributed by atoms with E-state index in [4.69, 9.17) is 10.2 Å². The number of allylic oxidation sites excluding steroid dienone is 2. The normalized spacial score (nSPS) is 13.2. The van der Waals surface area contributed by atoms with Gasteiger partial charge in [-0.15, -0.1) is 0 Å². The second-order valence-corrected chi connectivity index (χ2v) is 2.83. The molecule has 3 heteroatoms. The van der Waals surface area contributed by atoms with Crippen LogP contribution in [-0.2, 0) is 4.79 Å². The fourth-order valence-electron chi connectivity index (χ4n) is 0.876. The maximum absolute atomic E-state index is 10.4. The van der Waals surface area contributed by atoms with Gasteiger partial charge in [-0.25, -0.2) is 0 Å². The Labute approximate surface area is 78.4 Å². The molecular formula is C10H16O3. The van der Waals surface area contributed by atoms with Crippen molar-refractivity contribution in [2.45, 2.75) is 19.8 Å². The van der Waals surface area contributed by atoms with Crippen molar-refractivity contribution in [3.8, 4) is 0 Å². The lowest BCUT2D eigenvalue weighted by atomic mass is 10.1. The van der Waals surface area contributed by atoms with Crippen LogP contribution in [0.4, 0.5) is 0 Å². The fraction of sp³-hybridized carbons (Fsp3) is 0.500. The molecule has 0 spiro atoms. The molecule has 2 N–H and O–H groups in total. The Balaban J connectivity index is 3.86. The standard InChI is InChI=1S/C10H16O3/c1-9(7-12)3-2-4-10(8-13)5-6-11/h3,5,8,11-12H,2,4,6-7H2,1H3/b9-3+,10-5-. The molecule has 0 heterocycles. The van der Waals surface area contributed by atoms with Crippen LogP contribution in [0.25, 0.3) is 0 Å². The first-order valence-corrected chi connectivity index (χ1v) is 4.26. The number of aldehydes is 1. The Kier molecular flexibility index (Phi) is 7.15. The lowest BCUT2D eigenvalue weighted by Gasteiger charge is -1.97. The highest BCUT2D eigenvalue weighted by Gasteiger charge is 1.93. The van der Waals surface area contributed by atoms with Gasteiger partial charge < -0.3 is 10.2 Å². The van der Waals surface area contributed by atoms with Gasteiger partial charge in [-0.05, 0) is 25.3 Å². The van der Waals surface area contributed by atoms with Crippen molar-refractivity contribution in [1.29, 1.82) is 0 Å². The molecular weight excluding hydrogens is 168 g/mol. The molecule has 13 heavy (non-hydrogen) atoms. The number of carbonyl (C=O) groups is 1. The van der Waals surface area contributed by atoms with Crippen LogP contribution in [0, 0.1) is 0 Å². The zero-order valence-corrected chi connectivity index (χ0v) is 7.86.